The number of hydrogen-bond acceptors (Lipinski definition) is 5. The molecule has 0 N–H and O–H groups in total. The first kappa shape index (κ1) is 25.6. The molecule has 1 aliphatic heterocycles. The van der Waals surface area contributed by atoms with Crippen molar-refractivity contribution in [3.8, 4) is 11.5 Å². The lowest BCUT2D eigenvalue weighted by atomic mass is 10.1. The van der Waals surface area contributed by atoms with Gasteiger partial charge in [0.15, 0.2) is 16.7 Å². The summed E-state index contributed by atoms with van der Waals surface area (Å²) in [5.74, 6) is 0.0962. The van der Waals surface area contributed by atoms with Gasteiger partial charge in [0.05, 0.1) is 28.4 Å². The Hall–Kier alpha value is -4.07. The maximum Gasteiger partial charge on any atom is 0.271 e. The number of methoxy groups -OCH3 is 1. The third kappa shape index (κ3) is 5.59. The van der Waals surface area contributed by atoms with Gasteiger partial charge in [-0.25, -0.2) is 9.38 Å². The molecule has 0 saturated carbocycles. The van der Waals surface area contributed by atoms with Gasteiger partial charge in [-0.3, -0.25) is 9.69 Å². The maximum atomic E-state index is 14.0. The Labute approximate surface area is 229 Å². The van der Waals surface area contributed by atoms with Crippen molar-refractivity contribution in [2.75, 3.05) is 12.0 Å². The number of hydrogen-bond donors (Lipinski definition) is 0. The lowest BCUT2D eigenvalue weighted by Gasteiger charge is -2.15. The summed E-state index contributed by atoms with van der Waals surface area (Å²) >= 11 is 7.82. The fraction of sp³-hybridized carbons (Fsp3) is 0.0667. The molecule has 38 heavy (non-hydrogen) atoms. The van der Waals surface area contributed by atoms with Crippen LogP contribution in [0.5, 0.6) is 11.5 Å². The van der Waals surface area contributed by atoms with E-state index in [1.165, 1.54) is 24.9 Å². The van der Waals surface area contributed by atoms with Gasteiger partial charge >= 0.3 is 0 Å². The average molecular weight is 545 g/mol. The molecule has 1 saturated heterocycles. The number of benzene rings is 4. The van der Waals surface area contributed by atoms with Gasteiger partial charge in [-0.2, -0.15) is 0 Å². The summed E-state index contributed by atoms with van der Waals surface area (Å²) in [7, 11) is 1.50. The third-order valence-corrected chi connectivity index (χ3v) is 6.93. The summed E-state index contributed by atoms with van der Waals surface area (Å²) < 4.78 is 25.3. The molecule has 0 radical (unpaired) electrons. The van der Waals surface area contributed by atoms with Crippen LogP contribution >= 0.6 is 23.4 Å². The van der Waals surface area contributed by atoms with Gasteiger partial charge < -0.3 is 9.47 Å². The van der Waals surface area contributed by atoms with Crippen LogP contribution in [0, 0.1) is 5.82 Å². The zero-order valence-corrected chi connectivity index (χ0v) is 21.9. The van der Waals surface area contributed by atoms with Crippen LogP contribution in [0.25, 0.3) is 6.08 Å². The summed E-state index contributed by atoms with van der Waals surface area (Å²) in [6.07, 6.45) is 1.74. The van der Waals surface area contributed by atoms with Crippen molar-refractivity contribution in [1.82, 2.24) is 0 Å². The standard InChI is InChI=1S/C30H22ClFN2O3S/c1-36-26-17-20(16-24(31)28(26)37-19-21-10-8-9-15-25(21)32)18-27-29(35)34(23-13-6-3-7-14-23)30(38-27)33-22-11-4-2-5-12-22/h2-18H,19H2,1H3/b27-18+,33-30?. The molecule has 0 bridgehead atoms. The van der Waals surface area contributed by atoms with Crippen molar-refractivity contribution in [2.24, 2.45) is 4.99 Å². The van der Waals surface area contributed by atoms with E-state index in [-0.39, 0.29) is 23.4 Å². The molecule has 1 aliphatic rings. The fourth-order valence-corrected chi connectivity index (χ4v) is 5.12. The van der Waals surface area contributed by atoms with Crippen molar-refractivity contribution in [2.45, 2.75) is 6.61 Å². The SMILES string of the molecule is COc1cc(/C=C2/SC(=Nc3ccccc3)N(c3ccccc3)C2=O)cc(Cl)c1OCc1ccccc1F. The Morgan fingerprint density at radius 2 is 1.66 bits per heavy atom. The molecule has 5 nitrogen and oxygen atoms in total. The van der Waals surface area contributed by atoms with Gasteiger partial charge in [0.1, 0.15) is 12.4 Å². The topological polar surface area (TPSA) is 51.1 Å². The number of halogens is 2. The van der Waals surface area contributed by atoms with E-state index in [0.29, 0.717) is 32.7 Å². The second-order valence-corrected chi connectivity index (χ2v) is 9.65. The van der Waals surface area contributed by atoms with E-state index >= 15 is 0 Å². The summed E-state index contributed by atoms with van der Waals surface area (Å²) in [5.41, 5.74) is 2.51. The molecule has 0 aliphatic carbocycles. The Morgan fingerprint density at radius 1 is 0.974 bits per heavy atom. The van der Waals surface area contributed by atoms with E-state index in [1.807, 2.05) is 60.7 Å². The molecule has 1 amide bonds. The van der Waals surface area contributed by atoms with Gasteiger partial charge in [-0.05, 0) is 65.9 Å². The molecule has 190 valence electrons. The Bertz CT molecular complexity index is 1530. The number of amides is 1. The van der Waals surface area contributed by atoms with Crippen LogP contribution in [0.4, 0.5) is 15.8 Å². The van der Waals surface area contributed by atoms with E-state index in [4.69, 9.17) is 26.1 Å². The highest BCUT2D eigenvalue weighted by Gasteiger charge is 2.34. The predicted octanol–water partition coefficient (Wildman–Crippen LogP) is 7.88. The van der Waals surface area contributed by atoms with Crippen LogP contribution in [-0.2, 0) is 11.4 Å². The van der Waals surface area contributed by atoms with Gasteiger partial charge in [0.2, 0.25) is 0 Å². The van der Waals surface area contributed by atoms with E-state index in [1.54, 1.807) is 41.3 Å². The van der Waals surface area contributed by atoms with Crippen molar-refractivity contribution in [3.63, 3.8) is 0 Å². The first-order chi connectivity index (χ1) is 18.5. The molecule has 1 heterocycles. The van der Waals surface area contributed by atoms with E-state index < -0.39 is 0 Å². The van der Waals surface area contributed by atoms with Crippen molar-refractivity contribution < 1.29 is 18.7 Å². The molecule has 0 aromatic heterocycles. The molecular weight excluding hydrogens is 523 g/mol. The number of nitrogens with zero attached hydrogens (tertiary/aromatic N) is 2. The molecule has 0 spiro atoms. The van der Waals surface area contributed by atoms with Gasteiger partial charge in [-0.15, -0.1) is 0 Å². The minimum atomic E-state index is -0.364. The van der Waals surface area contributed by atoms with Gasteiger partial charge in [0.25, 0.3) is 5.91 Å². The summed E-state index contributed by atoms with van der Waals surface area (Å²) in [4.78, 5) is 20.3. The van der Waals surface area contributed by atoms with Crippen LogP contribution in [0.15, 0.2) is 107 Å². The summed E-state index contributed by atoms with van der Waals surface area (Å²) in [6, 6.07) is 28.6. The molecule has 4 aromatic rings. The van der Waals surface area contributed by atoms with Crippen molar-refractivity contribution in [3.05, 3.63) is 124 Å². The summed E-state index contributed by atoms with van der Waals surface area (Å²) in [5, 5.41) is 0.822. The lowest BCUT2D eigenvalue weighted by Crippen LogP contribution is -2.28. The molecular formula is C30H22ClFN2O3S. The normalized spacial score (nSPS) is 15.3. The smallest absolute Gasteiger partial charge is 0.271 e. The molecule has 0 atom stereocenters. The first-order valence-corrected chi connectivity index (χ1v) is 12.9. The number of thioether (sulfide) groups is 1. The zero-order chi connectivity index (χ0) is 26.5. The number of ether oxygens (including phenoxy) is 2. The van der Waals surface area contributed by atoms with Gasteiger partial charge in [-0.1, -0.05) is 66.2 Å². The molecule has 8 heteroatoms. The lowest BCUT2D eigenvalue weighted by molar-refractivity contribution is -0.113. The van der Waals surface area contributed by atoms with Crippen LogP contribution < -0.4 is 14.4 Å². The van der Waals surface area contributed by atoms with Crippen LogP contribution in [0.2, 0.25) is 5.02 Å². The molecule has 5 rings (SSSR count). The second-order valence-electron chi connectivity index (χ2n) is 8.23. The first-order valence-electron chi connectivity index (χ1n) is 11.7. The number of amidine groups is 1. The van der Waals surface area contributed by atoms with Crippen molar-refractivity contribution in [1.29, 1.82) is 0 Å². The highest BCUT2D eigenvalue weighted by atomic mass is 35.5. The zero-order valence-electron chi connectivity index (χ0n) is 20.3. The Kier molecular flexibility index (Phi) is 7.77. The highest BCUT2D eigenvalue weighted by Crippen LogP contribution is 2.41. The van der Waals surface area contributed by atoms with Crippen LogP contribution in [0.1, 0.15) is 11.1 Å². The van der Waals surface area contributed by atoms with E-state index in [9.17, 15) is 9.18 Å². The molecule has 1 fully saturated rings. The highest BCUT2D eigenvalue weighted by molar-refractivity contribution is 8.19. The molecule has 0 unspecified atom stereocenters. The maximum absolute atomic E-state index is 14.0. The van der Waals surface area contributed by atoms with Gasteiger partial charge in [0, 0.05) is 5.56 Å². The Balaban J connectivity index is 1.47. The van der Waals surface area contributed by atoms with Crippen molar-refractivity contribution >= 4 is 51.9 Å². The number of rotatable bonds is 7. The summed E-state index contributed by atoms with van der Waals surface area (Å²) in [6.45, 7) is -0.0110. The van der Waals surface area contributed by atoms with Crippen LogP contribution in [-0.4, -0.2) is 18.2 Å². The largest absolute Gasteiger partial charge is 0.493 e. The quantitative estimate of drug-likeness (QED) is 0.222. The Morgan fingerprint density at radius 3 is 2.37 bits per heavy atom. The number of aliphatic imine (C=N–C) groups is 1. The number of carbonyl (C=O) groups excluding carboxylic acids is 1. The third-order valence-electron chi connectivity index (χ3n) is 5.68. The van der Waals surface area contributed by atoms with E-state index in [2.05, 4.69) is 0 Å². The second kappa shape index (κ2) is 11.5. The van der Waals surface area contributed by atoms with Crippen LogP contribution in [0.3, 0.4) is 0 Å². The average Bonchev–Trinajstić information content (AvgIpc) is 3.23. The number of para-hydroxylation sites is 2. The predicted molar refractivity (Wildman–Crippen MR) is 152 cm³/mol. The minimum absolute atomic E-state index is 0.0110. The van der Waals surface area contributed by atoms with E-state index in [0.717, 1.165) is 11.4 Å². The fourth-order valence-electron chi connectivity index (χ4n) is 3.85. The monoisotopic (exact) mass is 544 g/mol. The minimum Gasteiger partial charge on any atom is -0.493 e. The number of carbonyl (C=O) groups is 1. The number of anilines is 1. The molecule has 4 aromatic carbocycles.